The van der Waals surface area contributed by atoms with Gasteiger partial charge < -0.3 is 4.57 Å². The maximum atomic E-state index is 5.53. The monoisotopic (exact) mass is 726 g/mol. The summed E-state index contributed by atoms with van der Waals surface area (Å²) in [6.07, 6.45) is 0. The molecule has 4 nitrogen and oxygen atoms in total. The van der Waals surface area contributed by atoms with Crippen molar-refractivity contribution in [3.63, 3.8) is 0 Å². The van der Waals surface area contributed by atoms with Crippen molar-refractivity contribution < 1.29 is 0 Å². The quantitative estimate of drug-likeness (QED) is 0.160. The van der Waals surface area contributed by atoms with Crippen LogP contribution in [-0.4, -0.2) is 19.5 Å². The minimum absolute atomic E-state index is 0.663. The molecule has 4 heteroatoms. The van der Waals surface area contributed by atoms with E-state index in [9.17, 15) is 0 Å². The molecule has 0 aliphatic rings. The first kappa shape index (κ1) is 32.7. The number of hydrogen-bond donors (Lipinski definition) is 0. The molecule has 0 unspecified atom stereocenters. The van der Waals surface area contributed by atoms with Crippen LogP contribution in [0.4, 0.5) is 0 Å². The Balaban J connectivity index is 1.17. The Morgan fingerprint density at radius 1 is 0.333 bits per heavy atom. The Hall–Kier alpha value is -7.69. The molecule has 0 radical (unpaired) electrons. The average Bonchev–Trinajstić information content (AvgIpc) is 3.63. The van der Waals surface area contributed by atoms with E-state index in [0.29, 0.717) is 5.82 Å². The summed E-state index contributed by atoms with van der Waals surface area (Å²) in [4.78, 5) is 16.1. The highest BCUT2D eigenvalue weighted by molar-refractivity contribution is 6.19. The number of benzene rings is 8. The van der Waals surface area contributed by atoms with Crippen molar-refractivity contribution in [2.75, 3.05) is 0 Å². The van der Waals surface area contributed by atoms with E-state index in [1.165, 1.54) is 38.3 Å². The van der Waals surface area contributed by atoms with Crippen LogP contribution in [0.3, 0.4) is 0 Å². The summed E-state index contributed by atoms with van der Waals surface area (Å²) < 4.78 is 2.35. The number of pyridine rings is 1. The molecule has 0 spiro atoms. The minimum Gasteiger partial charge on any atom is -0.309 e. The van der Waals surface area contributed by atoms with Crippen LogP contribution in [0.25, 0.3) is 105 Å². The van der Waals surface area contributed by atoms with Crippen molar-refractivity contribution in [3.05, 3.63) is 206 Å². The van der Waals surface area contributed by atoms with Crippen LogP contribution in [0.1, 0.15) is 0 Å². The summed E-state index contributed by atoms with van der Waals surface area (Å²) in [6.45, 7) is 0. The van der Waals surface area contributed by atoms with Gasteiger partial charge in [0.05, 0.1) is 33.6 Å². The third-order valence-electron chi connectivity index (χ3n) is 11.0. The fraction of sp³-hybridized carbons (Fsp3) is 0. The lowest BCUT2D eigenvalue weighted by atomic mass is 9.91. The van der Waals surface area contributed by atoms with Gasteiger partial charge in [-0.25, -0.2) is 15.0 Å². The molecule has 0 bridgehead atoms. The first-order valence-corrected chi connectivity index (χ1v) is 19.3. The summed E-state index contributed by atoms with van der Waals surface area (Å²) in [7, 11) is 0. The highest BCUT2D eigenvalue weighted by Crippen LogP contribution is 2.42. The zero-order chi connectivity index (χ0) is 37.7. The lowest BCUT2D eigenvalue weighted by Crippen LogP contribution is -1.99. The maximum absolute atomic E-state index is 5.53. The van der Waals surface area contributed by atoms with Gasteiger partial charge in [-0.3, -0.25) is 0 Å². The Kier molecular flexibility index (Phi) is 7.78. The van der Waals surface area contributed by atoms with Gasteiger partial charge in [0.1, 0.15) is 0 Å². The van der Waals surface area contributed by atoms with Gasteiger partial charge in [0.2, 0.25) is 0 Å². The lowest BCUT2D eigenvalue weighted by Gasteiger charge is -2.17. The predicted molar refractivity (Wildman–Crippen MR) is 236 cm³/mol. The second-order valence-corrected chi connectivity index (χ2v) is 14.4. The molecule has 0 saturated carbocycles. The molecule has 0 atom stereocenters. The molecule has 0 aliphatic carbocycles. The lowest BCUT2D eigenvalue weighted by molar-refractivity contribution is 1.16. The number of aromatic nitrogens is 4. The molecule has 3 aromatic heterocycles. The van der Waals surface area contributed by atoms with Gasteiger partial charge in [-0.1, -0.05) is 176 Å². The standard InChI is InChI=1S/C53H34N4/c1-4-17-35(18-5-1)40-27-15-29-44-50(40)45-30-16-28-43(52(45)56-51(44)36-19-6-2-7-20-36)47-34-46(54-53(55-47)37-21-8-3-9-22-37)38-23-14-24-39(33-38)57-48-31-12-10-25-41(48)42-26-11-13-32-49(42)57/h1-34H. The van der Waals surface area contributed by atoms with Crippen LogP contribution >= 0.6 is 0 Å². The molecule has 0 fully saturated rings. The Morgan fingerprint density at radius 3 is 1.56 bits per heavy atom. The van der Waals surface area contributed by atoms with Gasteiger partial charge in [0.25, 0.3) is 0 Å². The van der Waals surface area contributed by atoms with Crippen molar-refractivity contribution in [1.82, 2.24) is 19.5 Å². The van der Waals surface area contributed by atoms with E-state index < -0.39 is 0 Å². The molecule has 0 N–H and O–H groups in total. The Bertz CT molecular complexity index is 3230. The van der Waals surface area contributed by atoms with Crippen LogP contribution in [0, 0.1) is 0 Å². The van der Waals surface area contributed by atoms with Crippen molar-refractivity contribution >= 4 is 43.5 Å². The van der Waals surface area contributed by atoms with Crippen LogP contribution in [0.5, 0.6) is 0 Å². The molecule has 57 heavy (non-hydrogen) atoms. The number of fused-ring (bicyclic) bond motifs is 6. The second kappa shape index (κ2) is 13.6. The van der Waals surface area contributed by atoms with Gasteiger partial charge >= 0.3 is 0 Å². The van der Waals surface area contributed by atoms with Crippen molar-refractivity contribution in [2.24, 2.45) is 0 Å². The summed E-state index contributed by atoms with van der Waals surface area (Å²) in [6, 6.07) is 72.5. The van der Waals surface area contributed by atoms with Gasteiger partial charge in [-0.15, -0.1) is 0 Å². The van der Waals surface area contributed by atoms with Crippen molar-refractivity contribution in [3.8, 4) is 62.0 Å². The van der Waals surface area contributed by atoms with Gasteiger partial charge in [0.15, 0.2) is 5.82 Å². The molecule has 0 amide bonds. The van der Waals surface area contributed by atoms with E-state index in [2.05, 4.69) is 193 Å². The average molecular weight is 727 g/mol. The largest absolute Gasteiger partial charge is 0.309 e. The van der Waals surface area contributed by atoms with Crippen LogP contribution < -0.4 is 0 Å². The van der Waals surface area contributed by atoms with E-state index in [4.69, 9.17) is 15.0 Å². The normalized spacial score (nSPS) is 11.5. The summed E-state index contributed by atoms with van der Waals surface area (Å²) in [5.41, 5.74) is 13.2. The predicted octanol–water partition coefficient (Wildman–Crippen LogP) is 13.6. The zero-order valence-electron chi connectivity index (χ0n) is 30.9. The summed E-state index contributed by atoms with van der Waals surface area (Å²) in [5.74, 6) is 0.663. The van der Waals surface area contributed by atoms with Gasteiger partial charge in [-0.2, -0.15) is 0 Å². The third kappa shape index (κ3) is 5.58. The number of rotatable bonds is 6. The van der Waals surface area contributed by atoms with E-state index >= 15 is 0 Å². The fourth-order valence-electron chi connectivity index (χ4n) is 8.41. The minimum atomic E-state index is 0.663. The SMILES string of the molecule is c1ccc(-c2nc(-c3cccc(-n4c5ccccc5c5ccccc54)c3)cc(-c3cccc4c3nc(-c3ccccc3)c3cccc(-c5ccccc5)c34)n2)cc1. The summed E-state index contributed by atoms with van der Waals surface area (Å²) >= 11 is 0. The van der Waals surface area contributed by atoms with Gasteiger partial charge in [-0.05, 0) is 41.5 Å². The summed E-state index contributed by atoms with van der Waals surface area (Å²) in [5, 5.41) is 5.83. The van der Waals surface area contributed by atoms with Crippen molar-refractivity contribution in [2.45, 2.75) is 0 Å². The topological polar surface area (TPSA) is 43.6 Å². The second-order valence-electron chi connectivity index (χ2n) is 14.4. The maximum Gasteiger partial charge on any atom is 0.160 e. The van der Waals surface area contributed by atoms with E-state index in [1.807, 2.05) is 18.2 Å². The molecule has 0 saturated heterocycles. The van der Waals surface area contributed by atoms with Gasteiger partial charge in [0, 0.05) is 54.9 Å². The molecular weight excluding hydrogens is 693 g/mol. The number of para-hydroxylation sites is 3. The molecule has 266 valence electrons. The molecule has 11 aromatic rings. The molecule has 11 rings (SSSR count). The molecule has 3 heterocycles. The van der Waals surface area contributed by atoms with E-state index in [0.717, 1.165) is 61.3 Å². The highest BCUT2D eigenvalue weighted by atomic mass is 15.0. The number of hydrogen-bond acceptors (Lipinski definition) is 3. The van der Waals surface area contributed by atoms with Crippen LogP contribution in [-0.2, 0) is 0 Å². The Labute approximate surface area is 330 Å². The highest BCUT2D eigenvalue weighted by Gasteiger charge is 2.20. The molecular formula is C53H34N4. The van der Waals surface area contributed by atoms with E-state index in [-0.39, 0.29) is 0 Å². The first-order valence-electron chi connectivity index (χ1n) is 19.3. The molecule has 8 aromatic carbocycles. The van der Waals surface area contributed by atoms with E-state index in [1.54, 1.807) is 0 Å². The van der Waals surface area contributed by atoms with Crippen LogP contribution in [0.15, 0.2) is 206 Å². The smallest absolute Gasteiger partial charge is 0.160 e. The molecule has 0 aliphatic heterocycles. The zero-order valence-corrected chi connectivity index (χ0v) is 30.9. The first-order chi connectivity index (χ1) is 28.3. The van der Waals surface area contributed by atoms with Crippen molar-refractivity contribution in [1.29, 1.82) is 0 Å². The van der Waals surface area contributed by atoms with Crippen LogP contribution in [0.2, 0.25) is 0 Å². The number of nitrogens with zero attached hydrogens (tertiary/aromatic N) is 4. The third-order valence-corrected chi connectivity index (χ3v) is 11.0. The Morgan fingerprint density at radius 2 is 0.860 bits per heavy atom. The fourth-order valence-corrected chi connectivity index (χ4v) is 8.41.